The van der Waals surface area contributed by atoms with Crippen molar-refractivity contribution in [1.29, 1.82) is 0 Å². The summed E-state index contributed by atoms with van der Waals surface area (Å²) in [5, 5.41) is 6.71. The number of hydrogen-bond acceptors (Lipinski definition) is 3. The van der Waals surface area contributed by atoms with Crippen LogP contribution in [0.3, 0.4) is 0 Å². The molecule has 7 heteroatoms. The molecule has 1 aromatic heterocycles. The quantitative estimate of drug-likeness (QED) is 0.301. The summed E-state index contributed by atoms with van der Waals surface area (Å²) in [6.07, 6.45) is 9.12. The number of hydrogen-bond donors (Lipinski definition) is 2. The third-order valence-corrected chi connectivity index (χ3v) is 4.95. The van der Waals surface area contributed by atoms with Crippen molar-refractivity contribution in [3.63, 3.8) is 0 Å². The van der Waals surface area contributed by atoms with Gasteiger partial charge in [0.1, 0.15) is 0 Å². The third-order valence-electron chi connectivity index (χ3n) is 4.95. The Kier molecular flexibility index (Phi) is 10.2. The lowest BCUT2D eigenvalue weighted by molar-refractivity contribution is 0.198. The molecular formula is C22H33IN4O2. The summed E-state index contributed by atoms with van der Waals surface area (Å²) in [6.45, 7) is 5.14. The Labute approximate surface area is 191 Å². The maximum atomic E-state index is 6.31. The molecule has 1 aliphatic carbocycles. The highest BCUT2D eigenvalue weighted by Crippen LogP contribution is 2.35. The first-order valence-corrected chi connectivity index (χ1v) is 10.3. The van der Waals surface area contributed by atoms with Crippen molar-refractivity contribution in [2.24, 2.45) is 4.99 Å². The van der Waals surface area contributed by atoms with Crippen LogP contribution in [-0.2, 0) is 13.1 Å². The molecule has 0 aliphatic heterocycles. The van der Waals surface area contributed by atoms with Crippen molar-refractivity contribution in [2.45, 2.75) is 51.8 Å². The van der Waals surface area contributed by atoms with Gasteiger partial charge in [-0.25, -0.2) is 4.99 Å². The van der Waals surface area contributed by atoms with Crippen molar-refractivity contribution in [3.05, 3.63) is 48.3 Å². The summed E-state index contributed by atoms with van der Waals surface area (Å²) >= 11 is 0. The van der Waals surface area contributed by atoms with Crippen LogP contribution in [0.15, 0.2) is 47.7 Å². The van der Waals surface area contributed by atoms with Gasteiger partial charge >= 0.3 is 0 Å². The molecule has 1 fully saturated rings. The van der Waals surface area contributed by atoms with E-state index in [9.17, 15) is 0 Å². The fraction of sp³-hybridized carbons (Fsp3) is 0.500. The first-order chi connectivity index (χ1) is 13.8. The molecule has 1 aromatic carbocycles. The van der Waals surface area contributed by atoms with Crippen LogP contribution in [0.5, 0.6) is 11.5 Å². The standard InChI is InChI=1S/C22H32N4O2.HI/c1-3-23-22(24-13-16-26-14-6-7-15-26)25-17-18-9-8-12-20(27-2)21(18)28-19-10-4-5-11-19;/h6-9,12,14-15,19H,3-5,10-11,13,16-17H2,1-2H3,(H2,23,24,25);1H. The molecule has 0 unspecified atom stereocenters. The van der Waals surface area contributed by atoms with E-state index >= 15 is 0 Å². The molecule has 0 radical (unpaired) electrons. The number of nitrogens with zero attached hydrogens (tertiary/aromatic N) is 2. The molecule has 0 atom stereocenters. The van der Waals surface area contributed by atoms with Gasteiger partial charge in [-0.05, 0) is 50.8 Å². The number of aliphatic imine (C=N–C) groups is 1. The number of rotatable bonds is 9. The van der Waals surface area contributed by atoms with Crippen LogP contribution in [-0.4, -0.2) is 36.8 Å². The number of benzene rings is 1. The van der Waals surface area contributed by atoms with Crippen molar-refractivity contribution >= 4 is 29.9 Å². The van der Waals surface area contributed by atoms with Crippen molar-refractivity contribution in [3.8, 4) is 11.5 Å². The number of methoxy groups -OCH3 is 1. The topological polar surface area (TPSA) is 59.8 Å². The molecule has 29 heavy (non-hydrogen) atoms. The Morgan fingerprint density at radius 2 is 1.90 bits per heavy atom. The van der Waals surface area contributed by atoms with Crippen LogP contribution in [0, 0.1) is 0 Å². The van der Waals surface area contributed by atoms with E-state index < -0.39 is 0 Å². The number of aromatic nitrogens is 1. The summed E-state index contributed by atoms with van der Waals surface area (Å²) in [5.74, 6) is 2.43. The Morgan fingerprint density at radius 1 is 1.14 bits per heavy atom. The van der Waals surface area contributed by atoms with Gasteiger partial charge in [-0.2, -0.15) is 0 Å². The van der Waals surface area contributed by atoms with E-state index in [0.717, 1.165) is 55.5 Å². The first-order valence-electron chi connectivity index (χ1n) is 10.3. The Morgan fingerprint density at radius 3 is 2.59 bits per heavy atom. The van der Waals surface area contributed by atoms with Gasteiger partial charge in [-0.3, -0.25) is 0 Å². The second-order valence-electron chi connectivity index (χ2n) is 7.02. The molecule has 1 aliphatic rings. The van der Waals surface area contributed by atoms with E-state index in [1.54, 1.807) is 7.11 Å². The molecule has 0 saturated heterocycles. The zero-order chi connectivity index (χ0) is 19.6. The smallest absolute Gasteiger partial charge is 0.191 e. The SMILES string of the molecule is CCNC(=NCc1cccc(OC)c1OC1CCCC1)NCCn1cccc1.I. The van der Waals surface area contributed by atoms with Crippen LogP contribution >= 0.6 is 24.0 Å². The Hall–Kier alpha value is -1.90. The monoisotopic (exact) mass is 512 g/mol. The number of nitrogens with one attached hydrogen (secondary N) is 2. The first kappa shape index (κ1) is 23.4. The van der Waals surface area contributed by atoms with Gasteiger partial charge in [0.05, 0.1) is 19.8 Å². The molecule has 1 saturated carbocycles. The Bertz CT molecular complexity index is 743. The predicted molar refractivity (Wildman–Crippen MR) is 129 cm³/mol. The minimum atomic E-state index is 0. The molecule has 3 rings (SSSR count). The zero-order valence-electron chi connectivity index (χ0n) is 17.4. The van der Waals surface area contributed by atoms with Crippen molar-refractivity contribution in [2.75, 3.05) is 20.2 Å². The lowest BCUT2D eigenvalue weighted by atomic mass is 10.1. The normalized spacial score (nSPS) is 14.3. The van der Waals surface area contributed by atoms with E-state index in [2.05, 4.69) is 40.6 Å². The van der Waals surface area contributed by atoms with Gasteiger partial charge in [-0.15, -0.1) is 24.0 Å². The van der Waals surface area contributed by atoms with Gasteiger partial charge < -0.3 is 24.7 Å². The zero-order valence-corrected chi connectivity index (χ0v) is 19.7. The molecule has 160 valence electrons. The van der Waals surface area contributed by atoms with Gasteiger partial charge in [0.25, 0.3) is 0 Å². The van der Waals surface area contributed by atoms with Crippen molar-refractivity contribution in [1.82, 2.24) is 15.2 Å². The van der Waals surface area contributed by atoms with Crippen LogP contribution in [0.2, 0.25) is 0 Å². The van der Waals surface area contributed by atoms with Crippen LogP contribution in [0.25, 0.3) is 0 Å². The maximum Gasteiger partial charge on any atom is 0.191 e. The fourth-order valence-corrected chi connectivity index (χ4v) is 3.48. The highest BCUT2D eigenvalue weighted by molar-refractivity contribution is 14.0. The number of halogens is 1. The summed E-state index contributed by atoms with van der Waals surface area (Å²) in [4.78, 5) is 4.76. The van der Waals surface area contributed by atoms with Gasteiger partial charge in [0.15, 0.2) is 17.5 Å². The molecular weight excluding hydrogens is 479 g/mol. The number of ether oxygens (including phenoxy) is 2. The molecule has 0 bridgehead atoms. The molecule has 6 nitrogen and oxygen atoms in total. The highest BCUT2D eigenvalue weighted by atomic mass is 127. The summed E-state index contributed by atoms with van der Waals surface area (Å²) in [5.41, 5.74) is 1.05. The van der Waals surface area contributed by atoms with Gasteiger partial charge in [0.2, 0.25) is 0 Å². The fourth-order valence-electron chi connectivity index (χ4n) is 3.48. The molecule has 0 amide bonds. The number of guanidine groups is 1. The molecule has 1 heterocycles. The average molecular weight is 512 g/mol. The molecule has 2 aromatic rings. The summed E-state index contributed by atoms with van der Waals surface area (Å²) < 4.78 is 14.0. The maximum absolute atomic E-state index is 6.31. The minimum absolute atomic E-state index is 0. The van der Waals surface area contributed by atoms with Gasteiger partial charge in [0, 0.05) is 37.6 Å². The molecule has 2 N–H and O–H groups in total. The van der Waals surface area contributed by atoms with E-state index in [0.29, 0.717) is 6.54 Å². The van der Waals surface area contributed by atoms with E-state index in [1.807, 2.05) is 24.3 Å². The second kappa shape index (κ2) is 12.6. The number of para-hydroxylation sites is 1. The van der Waals surface area contributed by atoms with Crippen LogP contribution in [0.1, 0.15) is 38.2 Å². The van der Waals surface area contributed by atoms with E-state index in [4.69, 9.17) is 14.5 Å². The predicted octanol–water partition coefficient (Wildman–Crippen LogP) is 4.19. The lowest BCUT2D eigenvalue weighted by Gasteiger charge is -2.19. The largest absolute Gasteiger partial charge is 0.493 e. The summed E-state index contributed by atoms with van der Waals surface area (Å²) in [6, 6.07) is 10.1. The van der Waals surface area contributed by atoms with Crippen molar-refractivity contribution < 1.29 is 9.47 Å². The Balaban J connectivity index is 0.00000300. The summed E-state index contributed by atoms with van der Waals surface area (Å²) in [7, 11) is 1.69. The van der Waals surface area contributed by atoms with Gasteiger partial charge in [-0.1, -0.05) is 12.1 Å². The van der Waals surface area contributed by atoms with E-state index in [-0.39, 0.29) is 30.1 Å². The molecule has 0 spiro atoms. The minimum Gasteiger partial charge on any atom is -0.493 e. The average Bonchev–Trinajstić information content (AvgIpc) is 3.41. The second-order valence-corrected chi connectivity index (χ2v) is 7.02. The van der Waals surface area contributed by atoms with Crippen LogP contribution < -0.4 is 20.1 Å². The third kappa shape index (κ3) is 7.13. The van der Waals surface area contributed by atoms with E-state index in [1.165, 1.54) is 12.8 Å². The van der Waals surface area contributed by atoms with Crippen LogP contribution in [0.4, 0.5) is 0 Å². The highest BCUT2D eigenvalue weighted by Gasteiger charge is 2.20. The lowest BCUT2D eigenvalue weighted by Crippen LogP contribution is -2.38.